The standard InChI is InChI=1S/C33H24ClN5O6S2/c1-3-45-31(41)27-28(20-8-5-4-6-9-20)37-33-38(29(27)22-18-21(34)11-12-24(22)44-2)30(40)26(47-33)17-19-10-13-25(23(16-19)39(42)43)46-32-35-14-7-15-36-32/h4-18,29H,3H2,1-2H3/b26-17-/t29-/m1/s1. The Morgan fingerprint density at radius 3 is 2.57 bits per heavy atom. The van der Waals surface area contributed by atoms with E-state index in [4.69, 9.17) is 26.1 Å². The highest BCUT2D eigenvalue weighted by Gasteiger charge is 2.37. The van der Waals surface area contributed by atoms with E-state index in [1.54, 1.807) is 61.8 Å². The summed E-state index contributed by atoms with van der Waals surface area (Å²) in [6, 6.07) is 19.4. The maximum absolute atomic E-state index is 14.3. The first kappa shape index (κ1) is 31.9. The highest BCUT2D eigenvalue weighted by molar-refractivity contribution is 7.99. The highest BCUT2D eigenvalue weighted by Crippen LogP contribution is 2.40. The van der Waals surface area contributed by atoms with E-state index in [9.17, 15) is 19.7 Å². The van der Waals surface area contributed by atoms with Gasteiger partial charge in [0, 0.05) is 34.6 Å². The normalized spacial score (nSPS) is 14.4. The molecule has 0 unspecified atom stereocenters. The number of carbonyl (C=O) groups excluding carboxylic acids is 1. The van der Waals surface area contributed by atoms with Gasteiger partial charge in [-0.3, -0.25) is 19.5 Å². The minimum atomic E-state index is -1.02. The second-order valence-corrected chi connectivity index (χ2v) is 12.4. The summed E-state index contributed by atoms with van der Waals surface area (Å²) in [5.74, 6) is -0.251. The van der Waals surface area contributed by atoms with Gasteiger partial charge in [0.2, 0.25) is 0 Å². The summed E-state index contributed by atoms with van der Waals surface area (Å²) in [4.78, 5) is 53.3. The van der Waals surface area contributed by atoms with Crippen molar-refractivity contribution in [2.24, 2.45) is 4.99 Å². The minimum Gasteiger partial charge on any atom is -0.496 e. The molecule has 0 saturated heterocycles. The molecule has 0 fully saturated rings. The zero-order valence-corrected chi connectivity index (χ0v) is 27.2. The first-order valence-electron chi connectivity index (χ1n) is 14.1. The summed E-state index contributed by atoms with van der Waals surface area (Å²) >= 11 is 8.61. The molecule has 236 valence electrons. The van der Waals surface area contributed by atoms with Gasteiger partial charge in [0.25, 0.3) is 11.2 Å². The number of carbonyl (C=O) groups is 1. The maximum Gasteiger partial charge on any atom is 0.338 e. The van der Waals surface area contributed by atoms with E-state index in [1.165, 1.54) is 17.7 Å². The van der Waals surface area contributed by atoms with Crippen LogP contribution in [0.2, 0.25) is 5.02 Å². The lowest BCUT2D eigenvalue weighted by atomic mass is 9.92. The molecule has 0 N–H and O–H groups in total. The lowest BCUT2D eigenvalue weighted by molar-refractivity contribution is -0.387. The van der Waals surface area contributed by atoms with Crippen LogP contribution in [0.3, 0.4) is 0 Å². The zero-order chi connectivity index (χ0) is 33.1. The number of benzene rings is 3. The molecule has 0 radical (unpaired) electrons. The van der Waals surface area contributed by atoms with E-state index >= 15 is 0 Å². The quantitative estimate of drug-likeness (QED) is 0.0858. The third-order valence-electron chi connectivity index (χ3n) is 7.08. The summed E-state index contributed by atoms with van der Waals surface area (Å²) in [7, 11) is 1.49. The third kappa shape index (κ3) is 6.45. The lowest BCUT2D eigenvalue weighted by Crippen LogP contribution is -2.40. The van der Waals surface area contributed by atoms with Crippen LogP contribution in [-0.2, 0) is 9.53 Å². The molecule has 0 amide bonds. The van der Waals surface area contributed by atoms with E-state index in [-0.39, 0.29) is 22.4 Å². The van der Waals surface area contributed by atoms with Crippen LogP contribution < -0.4 is 19.6 Å². The first-order valence-corrected chi connectivity index (χ1v) is 16.2. The number of fused-ring (bicyclic) bond motifs is 1. The molecule has 1 atom stereocenters. The van der Waals surface area contributed by atoms with Gasteiger partial charge in [-0.15, -0.1) is 0 Å². The number of thiazole rings is 1. The Morgan fingerprint density at radius 1 is 1.11 bits per heavy atom. The molecule has 0 bridgehead atoms. The second kappa shape index (κ2) is 13.7. The van der Waals surface area contributed by atoms with Crippen LogP contribution in [0.15, 0.2) is 111 Å². The topological polar surface area (TPSA) is 139 Å². The molecule has 6 rings (SSSR count). The molecule has 3 aromatic carbocycles. The average molecular weight is 686 g/mol. The monoisotopic (exact) mass is 685 g/mol. The molecule has 0 aliphatic carbocycles. The Morgan fingerprint density at radius 2 is 1.87 bits per heavy atom. The molecule has 5 aromatic rings. The summed E-state index contributed by atoms with van der Waals surface area (Å²) in [5, 5.41) is 12.8. The van der Waals surface area contributed by atoms with Gasteiger partial charge in [-0.25, -0.2) is 19.8 Å². The van der Waals surface area contributed by atoms with Crippen molar-refractivity contribution in [2.75, 3.05) is 13.7 Å². The van der Waals surface area contributed by atoms with Gasteiger partial charge >= 0.3 is 5.97 Å². The average Bonchev–Trinajstić information content (AvgIpc) is 3.39. The van der Waals surface area contributed by atoms with E-state index in [2.05, 4.69) is 9.97 Å². The Hall–Kier alpha value is -5.11. The molecule has 14 heteroatoms. The van der Waals surface area contributed by atoms with Crippen molar-refractivity contribution in [3.63, 3.8) is 0 Å². The van der Waals surface area contributed by atoms with Crippen LogP contribution in [0, 0.1) is 10.1 Å². The SMILES string of the molecule is CCOC(=O)C1=C(c2ccccc2)N=c2s/c(=C\c3ccc(Sc4ncccn4)c([N+](=O)[O-])c3)c(=O)n2[C@@H]1c1cc(Cl)ccc1OC. The third-order valence-corrected chi connectivity index (χ3v) is 9.26. The zero-order valence-electron chi connectivity index (χ0n) is 24.8. The second-order valence-electron chi connectivity index (χ2n) is 9.94. The molecule has 3 heterocycles. The fourth-order valence-electron chi connectivity index (χ4n) is 5.09. The Bertz CT molecular complexity index is 2220. The van der Waals surface area contributed by atoms with Crippen molar-refractivity contribution < 1.29 is 19.2 Å². The number of esters is 1. The van der Waals surface area contributed by atoms with E-state index in [1.807, 2.05) is 30.3 Å². The number of hydrogen-bond donors (Lipinski definition) is 0. The van der Waals surface area contributed by atoms with Crippen molar-refractivity contribution in [2.45, 2.75) is 23.0 Å². The Kier molecular flexibility index (Phi) is 9.29. The largest absolute Gasteiger partial charge is 0.496 e. The Balaban J connectivity index is 1.58. The van der Waals surface area contributed by atoms with Crippen molar-refractivity contribution in [1.29, 1.82) is 0 Å². The number of hydrogen-bond acceptors (Lipinski definition) is 11. The lowest BCUT2D eigenvalue weighted by Gasteiger charge is -2.27. The van der Waals surface area contributed by atoms with Crippen LogP contribution in [-0.4, -0.2) is 39.1 Å². The molecule has 1 aliphatic heterocycles. The van der Waals surface area contributed by atoms with Crippen molar-refractivity contribution in [3.8, 4) is 5.75 Å². The summed E-state index contributed by atoms with van der Waals surface area (Å²) in [5.41, 5.74) is 1.37. The van der Waals surface area contributed by atoms with Crippen LogP contribution >= 0.6 is 34.7 Å². The number of rotatable bonds is 9. The van der Waals surface area contributed by atoms with Crippen LogP contribution in [0.4, 0.5) is 5.69 Å². The van der Waals surface area contributed by atoms with Gasteiger partial charge in [-0.05, 0) is 60.7 Å². The molecule has 11 nitrogen and oxygen atoms in total. The number of nitrogens with zero attached hydrogens (tertiary/aromatic N) is 5. The number of methoxy groups -OCH3 is 1. The van der Waals surface area contributed by atoms with E-state index < -0.39 is 22.5 Å². The molecular weight excluding hydrogens is 662 g/mol. The van der Waals surface area contributed by atoms with Crippen molar-refractivity contribution >= 4 is 58.1 Å². The number of nitro benzene ring substituents is 1. The predicted octanol–water partition coefficient (Wildman–Crippen LogP) is 5.45. The minimum absolute atomic E-state index is 0.0949. The number of ether oxygens (including phenoxy) is 2. The molecule has 1 aliphatic rings. The fraction of sp³-hybridized carbons (Fsp3) is 0.121. The van der Waals surface area contributed by atoms with Crippen LogP contribution in [0.25, 0.3) is 11.8 Å². The molecule has 0 saturated carbocycles. The van der Waals surface area contributed by atoms with Crippen molar-refractivity contribution in [1.82, 2.24) is 14.5 Å². The van der Waals surface area contributed by atoms with Crippen LogP contribution in [0.5, 0.6) is 5.75 Å². The predicted molar refractivity (Wildman–Crippen MR) is 178 cm³/mol. The van der Waals surface area contributed by atoms with Crippen LogP contribution in [0.1, 0.15) is 29.7 Å². The number of halogens is 1. The molecule has 2 aromatic heterocycles. The van der Waals surface area contributed by atoms with E-state index in [0.29, 0.717) is 48.0 Å². The Labute approximate surface area is 280 Å². The van der Waals surface area contributed by atoms with Gasteiger partial charge in [0.1, 0.15) is 11.8 Å². The summed E-state index contributed by atoms with van der Waals surface area (Å²) in [6.07, 6.45) is 4.67. The van der Waals surface area contributed by atoms with Gasteiger partial charge in [-0.1, -0.05) is 59.3 Å². The number of nitro groups is 1. The first-order chi connectivity index (χ1) is 22.8. The van der Waals surface area contributed by atoms with Gasteiger partial charge in [-0.2, -0.15) is 0 Å². The maximum atomic E-state index is 14.3. The molecular formula is C33H24ClN5O6S2. The summed E-state index contributed by atoms with van der Waals surface area (Å²) < 4.78 is 12.8. The van der Waals surface area contributed by atoms with Gasteiger partial charge in [0.15, 0.2) is 9.96 Å². The van der Waals surface area contributed by atoms with Crippen molar-refractivity contribution in [3.05, 3.63) is 142 Å². The number of aromatic nitrogens is 3. The fourth-order valence-corrected chi connectivity index (χ4v) is 7.07. The van der Waals surface area contributed by atoms with Gasteiger partial charge < -0.3 is 9.47 Å². The highest BCUT2D eigenvalue weighted by atomic mass is 35.5. The van der Waals surface area contributed by atoms with E-state index in [0.717, 1.165) is 23.1 Å². The molecule has 0 spiro atoms. The summed E-state index contributed by atoms with van der Waals surface area (Å²) in [6.45, 7) is 1.79. The smallest absolute Gasteiger partial charge is 0.338 e. The molecule has 47 heavy (non-hydrogen) atoms. The van der Waals surface area contributed by atoms with Gasteiger partial charge in [0.05, 0.1) is 39.3 Å².